The Labute approximate surface area is 59.5 Å². The Kier molecular flexibility index (Phi) is 1.72. The maximum absolute atomic E-state index is 5.04. The van der Waals surface area contributed by atoms with E-state index in [-0.39, 0.29) is 11.8 Å². The van der Waals surface area contributed by atoms with Gasteiger partial charge in [-0.25, -0.2) is 0 Å². The fourth-order valence-corrected chi connectivity index (χ4v) is 0.526. The zero-order valence-electron chi connectivity index (χ0n) is 5.96. The Morgan fingerprint density at radius 2 is 2.20 bits per heavy atom. The normalized spacial score (nSPS) is 9.80. The molecule has 0 saturated heterocycles. The van der Waals surface area contributed by atoms with Gasteiger partial charge in [-0.1, -0.05) is 18.9 Å². The molecule has 1 heterocycles. The SMILES string of the molecule is C#Cc1nnc(C(C)C)o1. The van der Waals surface area contributed by atoms with Gasteiger partial charge in [0.15, 0.2) is 0 Å². The average Bonchev–Trinajstić information content (AvgIpc) is 2.34. The number of terminal acetylenes is 1. The molecule has 1 rings (SSSR count). The van der Waals surface area contributed by atoms with Gasteiger partial charge < -0.3 is 4.42 Å². The van der Waals surface area contributed by atoms with Crippen LogP contribution in [-0.2, 0) is 0 Å². The fraction of sp³-hybridized carbons (Fsp3) is 0.429. The molecule has 0 radical (unpaired) electrons. The minimum Gasteiger partial charge on any atom is -0.414 e. The summed E-state index contributed by atoms with van der Waals surface area (Å²) >= 11 is 0. The van der Waals surface area contributed by atoms with E-state index in [1.54, 1.807) is 0 Å². The summed E-state index contributed by atoms with van der Waals surface area (Å²) in [6.07, 6.45) is 5.02. The van der Waals surface area contributed by atoms with Crippen molar-refractivity contribution in [2.45, 2.75) is 19.8 Å². The van der Waals surface area contributed by atoms with Crippen molar-refractivity contribution in [2.75, 3.05) is 0 Å². The van der Waals surface area contributed by atoms with Crippen LogP contribution in [0.25, 0.3) is 0 Å². The van der Waals surface area contributed by atoms with Gasteiger partial charge in [0.05, 0.1) is 0 Å². The van der Waals surface area contributed by atoms with E-state index in [4.69, 9.17) is 10.8 Å². The number of aromatic nitrogens is 2. The first-order valence-electron chi connectivity index (χ1n) is 3.04. The zero-order chi connectivity index (χ0) is 7.56. The quantitative estimate of drug-likeness (QED) is 0.544. The molecule has 52 valence electrons. The molecule has 0 aliphatic rings. The third kappa shape index (κ3) is 1.16. The molecular weight excluding hydrogens is 128 g/mol. The minimum atomic E-state index is 0.245. The molecule has 1 aromatic heterocycles. The van der Waals surface area contributed by atoms with Crippen LogP contribution in [0.15, 0.2) is 4.42 Å². The summed E-state index contributed by atoms with van der Waals surface area (Å²) in [5, 5.41) is 7.33. The molecule has 0 aromatic carbocycles. The molecule has 0 bridgehead atoms. The van der Waals surface area contributed by atoms with Crippen LogP contribution in [0.5, 0.6) is 0 Å². The summed E-state index contributed by atoms with van der Waals surface area (Å²) in [5.74, 6) is 3.35. The third-order valence-corrected chi connectivity index (χ3v) is 1.06. The molecule has 0 aliphatic heterocycles. The third-order valence-electron chi connectivity index (χ3n) is 1.06. The van der Waals surface area contributed by atoms with Crippen molar-refractivity contribution in [1.29, 1.82) is 0 Å². The first kappa shape index (κ1) is 6.81. The van der Waals surface area contributed by atoms with Gasteiger partial charge in [-0.2, -0.15) is 0 Å². The Balaban J connectivity index is 2.91. The van der Waals surface area contributed by atoms with Crippen molar-refractivity contribution in [3.63, 3.8) is 0 Å². The van der Waals surface area contributed by atoms with Crippen LogP contribution in [0.3, 0.4) is 0 Å². The highest BCUT2D eigenvalue weighted by molar-refractivity contribution is 5.10. The molecule has 0 amide bonds. The summed E-state index contributed by atoms with van der Waals surface area (Å²) in [4.78, 5) is 0. The van der Waals surface area contributed by atoms with Gasteiger partial charge in [0.1, 0.15) is 0 Å². The van der Waals surface area contributed by atoms with Gasteiger partial charge in [0, 0.05) is 5.92 Å². The summed E-state index contributed by atoms with van der Waals surface area (Å²) in [6, 6.07) is 0. The predicted octanol–water partition coefficient (Wildman–Crippen LogP) is 1.17. The largest absolute Gasteiger partial charge is 0.414 e. The molecule has 0 unspecified atom stereocenters. The van der Waals surface area contributed by atoms with Crippen molar-refractivity contribution in [3.05, 3.63) is 11.8 Å². The Bertz CT molecular complexity index is 257. The van der Waals surface area contributed by atoms with E-state index < -0.39 is 0 Å². The van der Waals surface area contributed by atoms with Gasteiger partial charge in [0.25, 0.3) is 5.89 Å². The minimum absolute atomic E-state index is 0.245. The molecular formula is C7H8N2O. The highest BCUT2D eigenvalue weighted by Gasteiger charge is 2.06. The second-order valence-electron chi connectivity index (χ2n) is 2.24. The van der Waals surface area contributed by atoms with Gasteiger partial charge >= 0.3 is 0 Å². The lowest BCUT2D eigenvalue weighted by atomic mass is 10.2. The van der Waals surface area contributed by atoms with E-state index >= 15 is 0 Å². The maximum atomic E-state index is 5.04. The molecule has 3 heteroatoms. The summed E-state index contributed by atoms with van der Waals surface area (Å²) in [7, 11) is 0. The molecule has 3 nitrogen and oxygen atoms in total. The van der Waals surface area contributed by atoms with Crippen LogP contribution in [-0.4, -0.2) is 10.2 Å². The topological polar surface area (TPSA) is 38.9 Å². The summed E-state index contributed by atoms with van der Waals surface area (Å²) < 4.78 is 5.04. The van der Waals surface area contributed by atoms with Gasteiger partial charge in [-0.05, 0) is 5.92 Å². The molecule has 0 spiro atoms. The summed E-state index contributed by atoms with van der Waals surface area (Å²) in [5.41, 5.74) is 0. The predicted molar refractivity (Wildman–Crippen MR) is 36.3 cm³/mol. The molecule has 0 aliphatic carbocycles. The summed E-state index contributed by atoms with van der Waals surface area (Å²) in [6.45, 7) is 3.93. The van der Waals surface area contributed by atoms with E-state index in [0.29, 0.717) is 5.89 Å². The van der Waals surface area contributed by atoms with Crippen LogP contribution < -0.4 is 0 Å². The lowest BCUT2D eigenvalue weighted by molar-refractivity contribution is 0.461. The van der Waals surface area contributed by atoms with Gasteiger partial charge in [-0.15, -0.1) is 11.5 Å². The molecule has 0 N–H and O–H groups in total. The second-order valence-corrected chi connectivity index (χ2v) is 2.24. The van der Waals surface area contributed by atoms with Crippen molar-refractivity contribution < 1.29 is 4.42 Å². The van der Waals surface area contributed by atoms with Crippen molar-refractivity contribution in [1.82, 2.24) is 10.2 Å². The number of hydrogen-bond acceptors (Lipinski definition) is 3. The van der Waals surface area contributed by atoms with Crippen LogP contribution in [0.2, 0.25) is 0 Å². The van der Waals surface area contributed by atoms with E-state index in [2.05, 4.69) is 16.1 Å². The first-order valence-corrected chi connectivity index (χ1v) is 3.04. The van der Waals surface area contributed by atoms with Gasteiger partial charge in [0.2, 0.25) is 5.89 Å². The highest BCUT2D eigenvalue weighted by atomic mass is 16.4. The molecule has 0 atom stereocenters. The maximum Gasteiger partial charge on any atom is 0.293 e. The number of rotatable bonds is 1. The average molecular weight is 136 g/mol. The van der Waals surface area contributed by atoms with E-state index in [1.165, 1.54) is 0 Å². The monoisotopic (exact) mass is 136 g/mol. The van der Waals surface area contributed by atoms with Crippen LogP contribution in [0.4, 0.5) is 0 Å². The standard InChI is InChI=1S/C7H8N2O/c1-4-6-8-9-7(10-6)5(2)3/h1,5H,2-3H3. The lowest BCUT2D eigenvalue weighted by Crippen LogP contribution is -1.85. The van der Waals surface area contributed by atoms with E-state index in [1.807, 2.05) is 13.8 Å². The molecule has 0 fully saturated rings. The van der Waals surface area contributed by atoms with Crippen LogP contribution in [0.1, 0.15) is 31.5 Å². The van der Waals surface area contributed by atoms with Crippen molar-refractivity contribution >= 4 is 0 Å². The van der Waals surface area contributed by atoms with Crippen molar-refractivity contribution in [3.8, 4) is 12.3 Å². The highest BCUT2D eigenvalue weighted by Crippen LogP contribution is 2.10. The van der Waals surface area contributed by atoms with E-state index in [9.17, 15) is 0 Å². The van der Waals surface area contributed by atoms with Crippen LogP contribution >= 0.6 is 0 Å². The second kappa shape index (κ2) is 2.53. The zero-order valence-corrected chi connectivity index (χ0v) is 5.96. The Hall–Kier alpha value is -1.30. The number of hydrogen-bond donors (Lipinski definition) is 0. The van der Waals surface area contributed by atoms with E-state index in [0.717, 1.165) is 0 Å². The smallest absolute Gasteiger partial charge is 0.293 e. The first-order chi connectivity index (χ1) is 4.74. The van der Waals surface area contributed by atoms with Crippen molar-refractivity contribution in [2.24, 2.45) is 0 Å². The molecule has 10 heavy (non-hydrogen) atoms. The fourth-order valence-electron chi connectivity index (χ4n) is 0.526. The van der Waals surface area contributed by atoms with Crippen LogP contribution in [0, 0.1) is 12.3 Å². The Morgan fingerprint density at radius 1 is 1.50 bits per heavy atom. The lowest BCUT2D eigenvalue weighted by Gasteiger charge is -1.91. The molecule has 1 aromatic rings. The number of nitrogens with zero attached hydrogens (tertiary/aromatic N) is 2. The molecule has 0 saturated carbocycles. The Morgan fingerprint density at radius 3 is 2.50 bits per heavy atom. The van der Waals surface area contributed by atoms with Gasteiger partial charge in [-0.3, -0.25) is 0 Å².